The van der Waals surface area contributed by atoms with Gasteiger partial charge in [-0.05, 0) is 13.8 Å². The summed E-state index contributed by atoms with van der Waals surface area (Å²) in [5.74, 6) is 0. The molecule has 0 aromatic carbocycles. The summed E-state index contributed by atoms with van der Waals surface area (Å²) < 4.78 is 21.8. The van der Waals surface area contributed by atoms with Crippen LogP contribution in [-0.4, -0.2) is 41.1 Å². The van der Waals surface area contributed by atoms with Gasteiger partial charge in [-0.1, -0.05) is 6.08 Å². The van der Waals surface area contributed by atoms with E-state index < -0.39 is 7.67 Å². The van der Waals surface area contributed by atoms with Crippen molar-refractivity contribution in [2.75, 3.05) is 19.7 Å². The number of rotatable bonds is 5. The number of hydrogen-bond acceptors (Lipinski definition) is 2. The lowest BCUT2D eigenvalue weighted by Crippen LogP contribution is -2.10. The molecular weight excluding hydrogens is 199 g/mol. The van der Waals surface area contributed by atoms with E-state index in [2.05, 4.69) is 20.4 Å². The van der Waals surface area contributed by atoms with Gasteiger partial charge >= 0.3 is 7.67 Å². The van der Waals surface area contributed by atoms with Gasteiger partial charge in [0.05, 0.1) is 6.61 Å². The standard InChI is InChI=1S/C9H17N2O2P/c1-4-5-13-14(12,10-6-8(10)2)11-7-9(11)3/h4,8-9H,1,5-7H2,2-3H3/t8-,9-,10?,11?,14?/m1/s1. The van der Waals surface area contributed by atoms with Gasteiger partial charge in [-0.25, -0.2) is 9.34 Å². The molecule has 80 valence electrons. The van der Waals surface area contributed by atoms with Crippen LogP contribution in [0.4, 0.5) is 0 Å². The fraction of sp³-hybridized carbons (Fsp3) is 0.778. The molecule has 0 N–H and O–H groups in total. The maximum Gasteiger partial charge on any atom is 0.347 e. The summed E-state index contributed by atoms with van der Waals surface area (Å²) in [7, 11) is -2.67. The van der Waals surface area contributed by atoms with Gasteiger partial charge in [0.2, 0.25) is 0 Å². The predicted octanol–water partition coefficient (Wildman–Crippen LogP) is 1.71. The monoisotopic (exact) mass is 216 g/mol. The lowest BCUT2D eigenvalue weighted by atomic mass is 10.6. The minimum absolute atomic E-state index is 0.365. The zero-order chi connectivity index (χ0) is 10.3. The molecule has 0 aromatic rings. The molecule has 4 nitrogen and oxygen atoms in total. The Morgan fingerprint density at radius 3 is 2.14 bits per heavy atom. The first kappa shape index (κ1) is 10.4. The molecule has 0 aliphatic carbocycles. The predicted molar refractivity (Wildman–Crippen MR) is 56.1 cm³/mol. The van der Waals surface area contributed by atoms with E-state index >= 15 is 0 Å². The van der Waals surface area contributed by atoms with Crippen LogP contribution in [-0.2, 0) is 9.09 Å². The van der Waals surface area contributed by atoms with Crippen molar-refractivity contribution in [3.05, 3.63) is 12.7 Å². The molecule has 5 heteroatoms. The van der Waals surface area contributed by atoms with Gasteiger partial charge < -0.3 is 4.52 Å². The molecule has 2 rings (SSSR count). The Morgan fingerprint density at radius 1 is 1.43 bits per heavy atom. The van der Waals surface area contributed by atoms with Crippen LogP contribution in [0.3, 0.4) is 0 Å². The summed E-state index contributed by atoms with van der Waals surface area (Å²) in [4.78, 5) is 0. The zero-order valence-corrected chi connectivity index (χ0v) is 9.61. The first-order valence-electron chi connectivity index (χ1n) is 4.99. The fourth-order valence-electron chi connectivity index (χ4n) is 1.60. The third-order valence-electron chi connectivity index (χ3n) is 2.66. The molecule has 0 spiro atoms. The number of nitrogens with zero attached hydrogens (tertiary/aromatic N) is 2. The van der Waals surface area contributed by atoms with E-state index in [0.29, 0.717) is 18.7 Å². The summed E-state index contributed by atoms with van der Waals surface area (Å²) in [5, 5.41) is 0. The summed E-state index contributed by atoms with van der Waals surface area (Å²) in [6.07, 6.45) is 1.65. The Morgan fingerprint density at radius 2 is 1.86 bits per heavy atom. The molecule has 0 bridgehead atoms. The molecule has 14 heavy (non-hydrogen) atoms. The quantitative estimate of drug-likeness (QED) is 0.398. The number of hydrogen-bond donors (Lipinski definition) is 0. The van der Waals surface area contributed by atoms with Gasteiger partial charge in [-0.15, -0.1) is 6.58 Å². The van der Waals surface area contributed by atoms with Crippen molar-refractivity contribution in [3.8, 4) is 0 Å². The van der Waals surface area contributed by atoms with Crippen LogP contribution in [0, 0.1) is 0 Å². The maximum absolute atomic E-state index is 12.5. The highest BCUT2D eigenvalue weighted by Crippen LogP contribution is 2.64. The summed E-state index contributed by atoms with van der Waals surface area (Å²) in [6, 6.07) is 0.803. The van der Waals surface area contributed by atoms with Crippen LogP contribution >= 0.6 is 7.67 Å². The second-order valence-corrected chi connectivity index (χ2v) is 6.28. The molecule has 0 radical (unpaired) electrons. The van der Waals surface area contributed by atoms with Gasteiger partial charge in [-0.2, -0.15) is 0 Å². The SMILES string of the molecule is C=CCOP(=O)(N1C[C@H]1C)N1C[C@H]1C. The van der Waals surface area contributed by atoms with Crippen molar-refractivity contribution in [1.82, 2.24) is 9.34 Å². The van der Waals surface area contributed by atoms with E-state index in [-0.39, 0.29) is 0 Å². The third-order valence-corrected chi connectivity index (χ3v) is 5.56. The highest BCUT2D eigenvalue weighted by Gasteiger charge is 2.56. The second kappa shape index (κ2) is 3.46. The molecule has 0 saturated carbocycles. The van der Waals surface area contributed by atoms with E-state index in [4.69, 9.17) is 4.52 Å². The molecule has 2 unspecified atom stereocenters. The highest BCUT2D eigenvalue weighted by molar-refractivity contribution is 7.54. The molecule has 2 aliphatic heterocycles. The average Bonchev–Trinajstić information content (AvgIpc) is 3.01. The van der Waals surface area contributed by atoms with Crippen molar-refractivity contribution >= 4 is 7.67 Å². The Bertz CT molecular complexity index is 275. The fourth-order valence-corrected chi connectivity index (χ4v) is 4.37. The van der Waals surface area contributed by atoms with Gasteiger partial charge in [-0.3, -0.25) is 4.57 Å². The summed E-state index contributed by atoms with van der Waals surface area (Å²) in [5.41, 5.74) is 0. The van der Waals surface area contributed by atoms with Gasteiger partial charge in [0.1, 0.15) is 0 Å². The van der Waals surface area contributed by atoms with Crippen LogP contribution < -0.4 is 0 Å². The van der Waals surface area contributed by atoms with Crippen LogP contribution in [0.25, 0.3) is 0 Å². The normalized spacial score (nSPS) is 44.1. The smallest absolute Gasteiger partial charge is 0.302 e. The Hall–Kier alpha value is -0.150. The zero-order valence-electron chi connectivity index (χ0n) is 8.72. The molecule has 2 saturated heterocycles. The van der Waals surface area contributed by atoms with Gasteiger partial charge in [0.25, 0.3) is 0 Å². The third kappa shape index (κ3) is 1.68. The van der Waals surface area contributed by atoms with Crippen molar-refractivity contribution in [2.24, 2.45) is 0 Å². The van der Waals surface area contributed by atoms with Crippen molar-refractivity contribution in [1.29, 1.82) is 0 Å². The first-order valence-corrected chi connectivity index (χ1v) is 6.52. The van der Waals surface area contributed by atoms with E-state index in [1.54, 1.807) is 6.08 Å². The van der Waals surface area contributed by atoms with E-state index in [9.17, 15) is 4.57 Å². The average molecular weight is 216 g/mol. The van der Waals surface area contributed by atoms with E-state index in [1.165, 1.54) is 0 Å². The molecule has 4 atom stereocenters. The largest absolute Gasteiger partial charge is 0.347 e. The maximum atomic E-state index is 12.5. The minimum atomic E-state index is -2.67. The van der Waals surface area contributed by atoms with Crippen LogP contribution in [0.5, 0.6) is 0 Å². The Labute approximate surface area is 85.1 Å². The molecule has 2 heterocycles. The first-order chi connectivity index (χ1) is 6.59. The van der Waals surface area contributed by atoms with Crippen LogP contribution in [0.2, 0.25) is 0 Å². The molecule has 2 fully saturated rings. The summed E-state index contributed by atoms with van der Waals surface area (Å²) in [6.45, 7) is 9.85. The van der Waals surface area contributed by atoms with Crippen LogP contribution in [0.15, 0.2) is 12.7 Å². The van der Waals surface area contributed by atoms with Crippen LogP contribution in [0.1, 0.15) is 13.8 Å². The summed E-state index contributed by atoms with van der Waals surface area (Å²) >= 11 is 0. The lowest BCUT2D eigenvalue weighted by Gasteiger charge is -2.20. The Kier molecular flexibility index (Phi) is 2.56. The lowest BCUT2D eigenvalue weighted by molar-refractivity contribution is 0.298. The topological polar surface area (TPSA) is 32.3 Å². The molecule has 2 aliphatic rings. The van der Waals surface area contributed by atoms with E-state index in [0.717, 1.165) is 13.1 Å². The van der Waals surface area contributed by atoms with Crippen molar-refractivity contribution in [2.45, 2.75) is 25.9 Å². The van der Waals surface area contributed by atoms with Crippen molar-refractivity contribution < 1.29 is 9.09 Å². The molecule has 0 amide bonds. The Balaban J connectivity index is 2.04. The van der Waals surface area contributed by atoms with Gasteiger partial charge in [0, 0.05) is 25.2 Å². The van der Waals surface area contributed by atoms with Gasteiger partial charge in [0.15, 0.2) is 0 Å². The minimum Gasteiger partial charge on any atom is -0.302 e. The molecule has 0 aromatic heterocycles. The van der Waals surface area contributed by atoms with E-state index in [1.807, 2.05) is 9.34 Å². The highest BCUT2D eigenvalue weighted by atomic mass is 31.2. The molecular formula is C9H17N2O2P. The second-order valence-electron chi connectivity index (χ2n) is 4.02. The van der Waals surface area contributed by atoms with Crippen molar-refractivity contribution in [3.63, 3.8) is 0 Å².